The van der Waals surface area contributed by atoms with Crippen molar-refractivity contribution in [2.45, 2.75) is 45.1 Å². The molecule has 174 valence electrons. The maximum Gasteiger partial charge on any atom is 0.243 e. The number of hydrogen-bond donors (Lipinski definition) is 1. The largest absolute Gasteiger partial charge is 0.354 e. The Morgan fingerprint density at radius 2 is 1.74 bits per heavy atom. The van der Waals surface area contributed by atoms with Crippen molar-refractivity contribution in [2.24, 2.45) is 11.8 Å². The van der Waals surface area contributed by atoms with E-state index in [1.54, 1.807) is 30.9 Å². The van der Waals surface area contributed by atoms with Gasteiger partial charge in [-0.15, -0.1) is 0 Å². The molecule has 0 radical (unpaired) electrons. The van der Waals surface area contributed by atoms with Crippen LogP contribution in [0.1, 0.15) is 34.1 Å². The number of sulfonamides is 1. The number of anilines is 1. The van der Waals surface area contributed by atoms with Crippen LogP contribution in [0.5, 0.6) is 0 Å². The van der Waals surface area contributed by atoms with Crippen LogP contribution in [0.15, 0.2) is 29.2 Å². The Balaban J connectivity index is 2.06. The smallest absolute Gasteiger partial charge is 0.243 e. The summed E-state index contributed by atoms with van der Waals surface area (Å²) in [5.74, 6) is -0.277. The Hall–Kier alpha value is -1.97. The molecule has 1 aliphatic rings. The van der Waals surface area contributed by atoms with Gasteiger partial charge in [-0.1, -0.05) is 27.7 Å². The number of amides is 2. The van der Waals surface area contributed by atoms with Crippen molar-refractivity contribution < 1.29 is 18.0 Å². The Morgan fingerprint density at radius 1 is 1.16 bits per heavy atom. The van der Waals surface area contributed by atoms with Crippen molar-refractivity contribution in [3.63, 3.8) is 0 Å². The maximum atomic E-state index is 12.7. The molecule has 1 N–H and O–H groups in total. The van der Waals surface area contributed by atoms with Crippen molar-refractivity contribution >= 4 is 27.5 Å². The molecule has 8 nitrogen and oxygen atoms in total. The normalized spacial score (nSPS) is 18.3. The third-order valence-electron chi connectivity index (χ3n) is 5.91. The van der Waals surface area contributed by atoms with Gasteiger partial charge in [0.1, 0.15) is 0 Å². The Bertz CT molecular complexity index is 856. The Labute approximate surface area is 186 Å². The minimum absolute atomic E-state index is 0.121. The van der Waals surface area contributed by atoms with Gasteiger partial charge >= 0.3 is 0 Å². The van der Waals surface area contributed by atoms with Crippen molar-refractivity contribution in [3.05, 3.63) is 24.3 Å². The highest BCUT2D eigenvalue weighted by atomic mass is 32.2. The van der Waals surface area contributed by atoms with Gasteiger partial charge in [0.25, 0.3) is 0 Å². The van der Waals surface area contributed by atoms with Gasteiger partial charge in [-0.2, -0.15) is 4.31 Å². The van der Waals surface area contributed by atoms with Crippen molar-refractivity contribution in [1.82, 2.24) is 14.5 Å². The SMILES string of the molecule is CCN(CC)S(=O)(=O)c1ccc(N2CC(C(=O)NCC(C(C)C)N(C)C)CC2=O)cc1. The first-order chi connectivity index (χ1) is 14.5. The molecule has 1 aromatic carbocycles. The molecular weight excluding hydrogens is 416 g/mol. The molecule has 1 saturated heterocycles. The molecule has 2 amide bonds. The average Bonchev–Trinajstić information content (AvgIpc) is 3.10. The number of rotatable bonds is 10. The van der Waals surface area contributed by atoms with Crippen LogP contribution in [-0.2, 0) is 19.6 Å². The van der Waals surface area contributed by atoms with Gasteiger partial charge in [-0.3, -0.25) is 9.59 Å². The van der Waals surface area contributed by atoms with E-state index in [1.807, 2.05) is 14.1 Å². The van der Waals surface area contributed by atoms with E-state index in [0.29, 0.717) is 37.8 Å². The predicted molar refractivity (Wildman–Crippen MR) is 122 cm³/mol. The summed E-state index contributed by atoms with van der Waals surface area (Å²) in [7, 11) is 0.429. The summed E-state index contributed by atoms with van der Waals surface area (Å²) in [6, 6.07) is 6.53. The van der Waals surface area contributed by atoms with Crippen LogP contribution in [0.25, 0.3) is 0 Å². The van der Waals surface area contributed by atoms with Gasteiger partial charge in [0.05, 0.1) is 10.8 Å². The molecule has 2 atom stereocenters. The van der Waals surface area contributed by atoms with Crippen LogP contribution >= 0.6 is 0 Å². The zero-order valence-corrected chi connectivity index (χ0v) is 20.3. The summed E-state index contributed by atoms with van der Waals surface area (Å²) in [4.78, 5) is 29.0. The molecule has 0 bridgehead atoms. The Kier molecular flexibility index (Phi) is 8.62. The lowest BCUT2D eigenvalue weighted by Crippen LogP contribution is -2.45. The van der Waals surface area contributed by atoms with Crippen molar-refractivity contribution in [2.75, 3.05) is 45.2 Å². The van der Waals surface area contributed by atoms with Gasteiger partial charge in [0, 0.05) is 44.3 Å². The van der Waals surface area contributed by atoms with E-state index >= 15 is 0 Å². The lowest BCUT2D eigenvalue weighted by atomic mass is 10.0. The third-order valence-corrected chi connectivity index (χ3v) is 7.97. The number of nitrogens with one attached hydrogen (secondary N) is 1. The monoisotopic (exact) mass is 452 g/mol. The number of carbonyl (C=O) groups excluding carboxylic acids is 2. The van der Waals surface area contributed by atoms with Crippen LogP contribution < -0.4 is 10.2 Å². The summed E-state index contributed by atoms with van der Waals surface area (Å²) in [5, 5.41) is 2.99. The zero-order valence-electron chi connectivity index (χ0n) is 19.5. The molecule has 31 heavy (non-hydrogen) atoms. The topological polar surface area (TPSA) is 90.0 Å². The molecule has 1 aromatic rings. The van der Waals surface area contributed by atoms with Gasteiger partial charge in [-0.05, 0) is 44.3 Å². The van der Waals surface area contributed by atoms with Crippen LogP contribution in [0.4, 0.5) is 5.69 Å². The predicted octanol–water partition coefficient (Wildman–Crippen LogP) is 1.77. The van der Waals surface area contributed by atoms with E-state index in [4.69, 9.17) is 0 Å². The Morgan fingerprint density at radius 3 is 2.23 bits per heavy atom. The highest BCUT2D eigenvalue weighted by molar-refractivity contribution is 7.89. The molecule has 0 saturated carbocycles. The third kappa shape index (κ3) is 5.84. The second-order valence-electron chi connectivity index (χ2n) is 8.51. The van der Waals surface area contributed by atoms with Crippen molar-refractivity contribution in [1.29, 1.82) is 0 Å². The number of likely N-dealkylation sites (N-methyl/N-ethyl adjacent to an activating group) is 1. The lowest BCUT2D eigenvalue weighted by molar-refractivity contribution is -0.126. The van der Waals surface area contributed by atoms with Gasteiger partial charge < -0.3 is 15.1 Å². The summed E-state index contributed by atoms with van der Waals surface area (Å²) in [6.07, 6.45) is 0.152. The van der Waals surface area contributed by atoms with Gasteiger partial charge in [0.15, 0.2) is 0 Å². The number of benzene rings is 1. The summed E-state index contributed by atoms with van der Waals surface area (Å²) in [5.41, 5.74) is 0.604. The molecular formula is C22H36N4O4S. The van der Waals surface area contributed by atoms with E-state index in [-0.39, 0.29) is 29.2 Å². The van der Waals surface area contributed by atoms with Gasteiger partial charge in [-0.25, -0.2) is 8.42 Å². The van der Waals surface area contributed by atoms with Crippen LogP contribution in [0.2, 0.25) is 0 Å². The van der Waals surface area contributed by atoms with E-state index in [0.717, 1.165) is 0 Å². The second kappa shape index (κ2) is 10.6. The molecule has 9 heteroatoms. The first-order valence-corrected chi connectivity index (χ1v) is 12.3. The molecule has 0 spiro atoms. The van der Waals surface area contributed by atoms with Crippen LogP contribution in [0, 0.1) is 11.8 Å². The number of hydrogen-bond acceptors (Lipinski definition) is 5. The number of nitrogens with zero attached hydrogens (tertiary/aromatic N) is 3. The standard InChI is InChI=1S/C22H36N4O4S/c1-7-25(8-2)31(29,30)19-11-9-18(10-12-19)26-15-17(13-21(26)27)22(28)23-14-20(16(3)4)24(5)6/h9-12,16-17,20H,7-8,13-15H2,1-6H3,(H,23,28). The molecule has 1 heterocycles. The van der Waals surface area contributed by atoms with Gasteiger partial charge in [0.2, 0.25) is 21.8 Å². The first-order valence-electron chi connectivity index (χ1n) is 10.9. The quantitative estimate of drug-likeness (QED) is 0.584. The fourth-order valence-electron chi connectivity index (χ4n) is 4.01. The molecule has 0 aromatic heterocycles. The lowest BCUT2D eigenvalue weighted by Gasteiger charge is -2.28. The average molecular weight is 453 g/mol. The van der Waals surface area contributed by atoms with E-state index < -0.39 is 15.9 Å². The molecule has 2 rings (SSSR count). The van der Waals surface area contributed by atoms with E-state index in [1.165, 1.54) is 16.4 Å². The minimum Gasteiger partial charge on any atom is -0.354 e. The highest BCUT2D eigenvalue weighted by Crippen LogP contribution is 2.27. The van der Waals surface area contributed by atoms with Crippen LogP contribution in [0.3, 0.4) is 0 Å². The first kappa shape index (κ1) is 25.3. The minimum atomic E-state index is -3.55. The fraction of sp³-hybridized carbons (Fsp3) is 0.636. The maximum absolute atomic E-state index is 12.7. The molecule has 1 fully saturated rings. The summed E-state index contributed by atoms with van der Waals surface area (Å²) in [6.45, 7) is 9.44. The van der Waals surface area contributed by atoms with Crippen LogP contribution in [-0.4, -0.2) is 75.8 Å². The summed E-state index contributed by atoms with van der Waals surface area (Å²) < 4.78 is 26.7. The summed E-state index contributed by atoms with van der Waals surface area (Å²) >= 11 is 0. The molecule has 2 unspecified atom stereocenters. The second-order valence-corrected chi connectivity index (χ2v) is 10.4. The molecule has 0 aliphatic carbocycles. The zero-order chi connectivity index (χ0) is 23.3. The highest BCUT2D eigenvalue weighted by Gasteiger charge is 2.35. The van der Waals surface area contributed by atoms with Crippen molar-refractivity contribution in [3.8, 4) is 0 Å². The fourth-order valence-corrected chi connectivity index (χ4v) is 5.47. The molecule has 1 aliphatic heterocycles. The van der Waals surface area contributed by atoms with E-state index in [9.17, 15) is 18.0 Å². The van der Waals surface area contributed by atoms with E-state index in [2.05, 4.69) is 24.1 Å². The number of carbonyl (C=O) groups is 2.